The van der Waals surface area contributed by atoms with Crippen LogP contribution in [-0.2, 0) is 10.0 Å². The first-order chi connectivity index (χ1) is 8.69. The van der Waals surface area contributed by atoms with E-state index in [1.165, 1.54) is 6.07 Å². The molecule has 1 aromatic carbocycles. The Hall–Kier alpha value is -1.60. The molecule has 1 rings (SSSR count). The summed E-state index contributed by atoms with van der Waals surface area (Å²) in [6.07, 6.45) is 0. The van der Waals surface area contributed by atoms with Gasteiger partial charge in [0.15, 0.2) is 0 Å². The molecule has 0 fully saturated rings. The summed E-state index contributed by atoms with van der Waals surface area (Å²) in [6.45, 7) is 5.22. The molecule has 0 saturated heterocycles. The number of nitrogens with two attached hydrogens (primary N) is 1. The van der Waals surface area contributed by atoms with Gasteiger partial charge in [-0.25, -0.2) is 13.1 Å². The van der Waals surface area contributed by atoms with Crippen LogP contribution in [0.5, 0.6) is 0 Å². The van der Waals surface area contributed by atoms with Gasteiger partial charge in [0.1, 0.15) is 5.84 Å². The second kappa shape index (κ2) is 5.58. The highest BCUT2D eigenvalue weighted by Gasteiger charge is 2.26. The minimum Gasteiger partial charge on any atom is -0.409 e. The van der Waals surface area contributed by atoms with Gasteiger partial charge >= 0.3 is 0 Å². The molecule has 4 N–H and O–H groups in total. The molecule has 0 radical (unpaired) electrons. The molecule has 0 aliphatic rings. The van der Waals surface area contributed by atoms with Crippen LogP contribution in [0.4, 0.5) is 0 Å². The molecule has 0 atom stereocenters. The number of rotatable bonds is 5. The fourth-order valence-electron chi connectivity index (χ4n) is 1.37. The first-order valence-corrected chi connectivity index (χ1v) is 7.22. The number of hydrogen-bond donors (Lipinski definition) is 3. The van der Waals surface area contributed by atoms with E-state index in [0.29, 0.717) is 0 Å². The lowest BCUT2D eigenvalue weighted by Gasteiger charge is -2.23. The first-order valence-electron chi connectivity index (χ1n) is 5.73. The highest BCUT2D eigenvalue weighted by atomic mass is 32.2. The quantitative estimate of drug-likeness (QED) is 0.325. The molecule has 106 valence electrons. The Morgan fingerprint density at radius 1 is 1.47 bits per heavy atom. The number of nitrogens with zero attached hydrogens (tertiary/aromatic N) is 1. The van der Waals surface area contributed by atoms with Crippen LogP contribution in [0.25, 0.3) is 0 Å². The number of nitrogens with one attached hydrogen (secondary N) is 1. The van der Waals surface area contributed by atoms with E-state index in [1.54, 1.807) is 26.0 Å². The van der Waals surface area contributed by atoms with Crippen LogP contribution in [0, 0.1) is 12.3 Å². The Balaban J connectivity index is 2.88. The molecule has 1 aromatic rings. The molecule has 0 aliphatic heterocycles. The van der Waals surface area contributed by atoms with Crippen molar-refractivity contribution in [1.82, 2.24) is 4.72 Å². The van der Waals surface area contributed by atoms with Crippen molar-refractivity contribution in [1.29, 1.82) is 0 Å². The van der Waals surface area contributed by atoms with Crippen molar-refractivity contribution in [2.45, 2.75) is 25.7 Å². The summed E-state index contributed by atoms with van der Waals surface area (Å²) >= 11 is 0. The van der Waals surface area contributed by atoms with E-state index >= 15 is 0 Å². The van der Waals surface area contributed by atoms with E-state index in [0.717, 1.165) is 5.56 Å². The van der Waals surface area contributed by atoms with Crippen molar-refractivity contribution in [3.05, 3.63) is 29.8 Å². The van der Waals surface area contributed by atoms with Crippen molar-refractivity contribution >= 4 is 15.9 Å². The fraction of sp³-hybridized carbons (Fsp3) is 0.417. The Labute approximate surface area is 113 Å². The van der Waals surface area contributed by atoms with Gasteiger partial charge in [0.2, 0.25) is 10.0 Å². The topological polar surface area (TPSA) is 105 Å². The van der Waals surface area contributed by atoms with Crippen molar-refractivity contribution in [3.63, 3.8) is 0 Å². The maximum atomic E-state index is 12.1. The van der Waals surface area contributed by atoms with Crippen molar-refractivity contribution < 1.29 is 13.6 Å². The third-order valence-corrected chi connectivity index (χ3v) is 4.20. The molecule has 0 saturated carbocycles. The lowest BCUT2D eigenvalue weighted by atomic mass is 9.93. The lowest BCUT2D eigenvalue weighted by molar-refractivity contribution is 0.307. The minimum atomic E-state index is -3.60. The Kier molecular flexibility index (Phi) is 4.54. The van der Waals surface area contributed by atoms with Gasteiger partial charge in [-0.05, 0) is 24.6 Å². The number of amidine groups is 1. The van der Waals surface area contributed by atoms with Crippen LogP contribution in [0.15, 0.2) is 34.3 Å². The van der Waals surface area contributed by atoms with Gasteiger partial charge in [-0.1, -0.05) is 31.1 Å². The number of aryl methyl sites for hydroxylation is 1. The number of hydrogen-bond acceptors (Lipinski definition) is 4. The standard InChI is InChI=1S/C12H19N3O3S/c1-9-5-4-6-10(7-9)19(17,18)14-8-12(2,3)11(13)15-16/h4-7,14,16H,8H2,1-3H3,(H2,13,15). The molecular formula is C12H19N3O3S. The van der Waals surface area contributed by atoms with E-state index in [4.69, 9.17) is 10.9 Å². The van der Waals surface area contributed by atoms with Crippen molar-refractivity contribution in [3.8, 4) is 0 Å². The molecular weight excluding hydrogens is 266 g/mol. The van der Waals surface area contributed by atoms with Crippen molar-refractivity contribution in [2.75, 3.05) is 6.54 Å². The zero-order valence-corrected chi connectivity index (χ0v) is 12.0. The summed E-state index contributed by atoms with van der Waals surface area (Å²) < 4.78 is 26.6. The summed E-state index contributed by atoms with van der Waals surface area (Å²) in [7, 11) is -3.60. The summed E-state index contributed by atoms with van der Waals surface area (Å²) in [5.41, 5.74) is 5.60. The molecule has 0 amide bonds. The summed E-state index contributed by atoms with van der Waals surface area (Å²) in [5, 5.41) is 11.5. The molecule has 0 aliphatic carbocycles. The minimum absolute atomic E-state index is 0.0283. The summed E-state index contributed by atoms with van der Waals surface area (Å²) in [4.78, 5) is 0.197. The molecule has 0 bridgehead atoms. The van der Waals surface area contributed by atoms with E-state index in [9.17, 15) is 8.42 Å². The van der Waals surface area contributed by atoms with Gasteiger partial charge in [-0.2, -0.15) is 0 Å². The molecule has 6 nitrogen and oxygen atoms in total. The second-order valence-corrected chi connectivity index (χ2v) is 6.78. The largest absolute Gasteiger partial charge is 0.409 e. The first kappa shape index (κ1) is 15.5. The Bertz CT molecular complexity index is 580. The highest BCUT2D eigenvalue weighted by Crippen LogP contribution is 2.16. The van der Waals surface area contributed by atoms with Crippen LogP contribution in [0.2, 0.25) is 0 Å². The van der Waals surface area contributed by atoms with E-state index in [1.807, 2.05) is 13.0 Å². The normalized spacial score (nSPS) is 13.5. The maximum Gasteiger partial charge on any atom is 0.240 e. The third-order valence-electron chi connectivity index (χ3n) is 2.81. The molecule has 0 unspecified atom stereocenters. The molecule has 19 heavy (non-hydrogen) atoms. The van der Waals surface area contributed by atoms with Gasteiger partial charge < -0.3 is 10.9 Å². The number of oxime groups is 1. The molecule has 0 aromatic heterocycles. The highest BCUT2D eigenvalue weighted by molar-refractivity contribution is 7.89. The van der Waals surface area contributed by atoms with Crippen LogP contribution >= 0.6 is 0 Å². The zero-order valence-electron chi connectivity index (χ0n) is 11.2. The molecule has 7 heteroatoms. The van der Waals surface area contributed by atoms with Gasteiger partial charge in [0, 0.05) is 12.0 Å². The monoisotopic (exact) mass is 285 g/mol. The third kappa shape index (κ3) is 3.93. The molecule has 0 heterocycles. The lowest BCUT2D eigenvalue weighted by Crippen LogP contribution is -2.42. The SMILES string of the molecule is Cc1cccc(S(=O)(=O)NCC(C)(C)/C(N)=N/O)c1. The fourth-order valence-corrected chi connectivity index (χ4v) is 2.68. The van der Waals surface area contributed by atoms with E-state index in [-0.39, 0.29) is 17.3 Å². The van der Waals surface area contributed by atoms with Gasteiger partial charge in [0.25, 0.3) is 0 Å². The predicted octanol–water partition coefficient (Wildman–Crippen LogP) is 1.05. The average Bonchev–Trinajstić information content (AvgIpc) is 2.35. The van der Waals surface area contributed by atoms with Crippen LogP contribution in [0.1, 0.15) is 19.4 Å². The number of benzene rings is 1. The van der Waals surface area contributed by atoms with Crippen LogP contribution < -0.4 is 10.5 Å². The van der Waals surface area contributed by atoms with Crippen molar-refractivity contribution in [2.24, 2.45) is 16.3 Å². The predicted molar refractivity (Wildman–Crippen MR) is 73.6 cm³/mol. The van der Waals surface area contributed by atoms with Crippen LogP contribution in [-0.4, -0.2) is 26.0 Å². The Morgan fingerprint density at radius 2 is 2.11 bits per heavy atom. The van der Waals surface area contributed by atoms with Gasteiger partial charge in [-0.3, -0.25) is 0 Å². The van der Waals surface area contributed by atoms with E-state index < -0.39 is 15.4 Å². The number of sulfonamides is 1. The zero-order chi connectivity index (χ0) is 14.7. The van der Waals surface area contributed by atoms with E-state index in [2.05, 4.69) is 9.88 Å². The second-order valence-electron chi connectivity index (χ2n) is 5.01. The summed E-state index contributed by atoms with van der Waals surface area (Å²) in [5.74, 6) is -0.0283. The smallest absolute Gasteiger partial charge is 0.240 e. The summed E-state index contributed by atoms with van der Waals surface area (Å²) in [6, 6.07) is 6.60. The molecule has 0 spiro atoms. The Morgan fingerprint density at radius 3 is 2.63 bits per heavy atom. The average molecular weight is 285 g/mol. The van der Waals surface area contributed by atoms with Gasteiger partial charge in [0.05, 0.1) is 4.90 Å². The van der Waals surface area contributed by atoms with Crippen LogP contribution in [0.3, 0.4) is 0 Å². The maximum absolute atomic E-state index is 12.1. The van der Waals surface area contributed by atoms with Gasteiger partial charge in [-0.15, -0.1) is 0 Å².